The summed E-state index contributed by atoms with van der Waals surface area (Å²) in [6.45, 7) is 3.59. The maximum absolute atomic E-state index is 12.1. The molecule has 0 atom stereocenters. The molecule has 0 aliphatic heterocycles. The molecule has 0 saturated heterocycles. The fourth-order valence-electron chi connectivity index (χ4n) is 2.10. The van der Waals surface area contributed by atoms with E-state index in [1.54, 1.807) is 38.1 Å². The van der Waals surface area contributed by atoms with Crippen molar-refractivity contribution in [2.75, 3.05) is 13.6 Å². The van der Waals surface area contributed by atoms with Gasteiger partial charge in [-0.25, -0.2) is 13.1 Å². The lowest BCUT2D eigenvalue weighted by atomic mass is 10.1. The SMILES string of the molecule is CN=C(NCCC(F)(F)F)NCc1ccc(CS(=O)(=O)NC(C)C)cc1. The Hall–Kier alpha value is -1.81. The normalized spacial score (nSPS) is 13.1. The Labute approximate surface area is 152 Å². The van der Waals surface area contributed by atoms with E-state index in [-0.39, 0.29) is 24.3 Å². The Morgan fingerprint density at radius 3 is 2.19 bits per heavy atom. The number of rotatable bonds is 8. The van der Waals surface area contributed by atoms with Crippen molar-refractivity contribution in [2.45, 2.75) is 44.8 Å². The van der Waals surface area contributed by atoms with Crippen LogP contribution in [0.5, 0.6) is 0 Å². The number of nitrogens with one attached hydrogen (secondary N) is 3. The lowest BCUT2D eigenvalue weighted by Gasteiger charge is -2.13. The molecule has 3 N–H and O–H groups in total. The standard InChI is InChI=1S/C16H25F3N4O2S/c1-12(2)23-26(24,25)11-14-6-4-13(5-7-14)10-22-15(20-3)21-9-8-16(17,18)19/h4-7,12,23H,8-11H2,1-3H3,(H2,20,21,22). The summed E-state index contributed by atoms with van der Waals surface area (Å²) in [5.74, 6) is 0.154. The van der Waals surface area contributed by atoms with Crippen LogP contribution < -0.4 is 15.4 Å². The molecule has 10 heteroatoms. The number of benzene rings is 1. The van der Waals surface area contributed by atoms with Gasteiger partial charge in [-0.05, 0) is 25.0 Å². The van der Waals surface area contributed by atoms with Gasteiger partial charge in [0, 0.05) is 26.2 Å². The minimum Gasteiger partial charge on any atom is -0.356 e. The highest BCUT2D eigenvalue weighted by Gasteiger charge is 2.26. The highest BCUT2D eigenvalue weighted by Crippen LogP contribution is 2.18. The number of halogens is 3. The molecule has 0 radical (unpaired) electrons. The van der Waals surface area contributed by atoms with Crippen molar-refractivity contribution in [3.05, 3.63) is 35.4 Å². The fraction of sp³-hybridized carbons (Fsp3) is 0.562. The maximum atomic E-state index is 12.1. The van der Waals surface area contributed by atoms with Gasteiger partial charge in [-0.15, -0.1) is 0 Å². The van der Waals surface area contributed by atoms with Gasteiger partial charge in [0.1, 0.15) is 0 Å². The number of alkyl halides is 3. The van der Waals surface area contributed by atoms with Crippen LogP contribution in [-0.4, -0.2) is 40.2 Å². The Morgan fingerprint density at radius 1 is 1.12 bits per heavy atom. The second-order valence-corrected chi connectivity index (χ2v) is 7.82. The van der Waals surface area contributed by atoms with E-state index in [9.17, 15) is 21.6 Å². The van der Waals surface area contributed by atoms with Gasteiger partial charge in [-0.1, -0.05) is 24.3 Å². The molecular weight excluding hydrogens is 369 g/mol. The number of guanidine groups is 1. The third-order valence-corrected chi connectivity index (χ3v) is 4.72. The molecule has 0 heterocycles. The van der Waals surface area contributed by atoms with E-state index in [4.69, 9.17) is 0 Å². The van der Waals surface area contributed by atoms with Crippen molar-refractivity contribution in [3.63, 3.8) is 0 Å². The highest BCUT2D eigenvalue weighted by molar-refractivity contribution is 7.88. The molecular formula is C16H25F3N4O2S. The van der Waals surface area contributed by atoms with Crippen LogP contribution in [0.15, 0.2) is 29.3 Å². The summed E-state index contributed by atoms with van der Waals surface area (Å²) < 4.78 is 62.7. The number of nitrogens with zero attached hydrogens (tertiary/aromatic N) is 1. The second-order valence-electron chi connectivity index (χ2n) is 6.07. The first-order valence-corrected chi connectivity index (χ1v) is 9.75. The average molecular weight is 394 g/mol. The van der Waals surface area contributed by atoms with E-state index in [0.29, 0.717) is 12.1 Å². The van der Waals surface area contributed by atoms with Crippen molar-refractivity contribution >= 4 is 16.0 Å². The molecule has 0 fully saturated rings. The van der Waals surface area contributed by atoms with Crippen molar-refractivity contribution in [3.8, 4) is 0 Å². The van der Waals surface area contributed by atoms with Crippen LogP contribution in [0, 0.1) is 0 Å². The van der Waals surface area contributed by atoms with E-state index < -0.39 is 22.6 Å². The summed E-state index contributed by atoms with van der Waals surface area (Å²) >= 11 is 0. The van der Waals surface area contributed by atoms with Crippen LogP contribution in [0.3, 0.4) is 0 Å². The maximum Gasteiger partial charge on any atom is 0.390 e. The van der Waals surface area contributed by atoms with Crippen LogP contribution in [0.2, 0.25) is 0 Å². The predicted octanol–water partition coefficient (Wildman–Crippen LogP) is 2.13. The van der Waals surface area contributed by atoms with Crippen LogP contribution in [0.25, 0.3) is 0 Å². The Bertz CT molecular complexity index is 686. The Balaban J connectivity index is 2.51. The second kappa shape index (κ2) is 9.77. The number of hydrogen-bond acceptors (Lipinski definition) is 3. The minimum atomic E-state index is -4.22. The zero-order valence-electron chi connectivity index (χ0n) is 15.0. The van der Waals surface area contributed by atoms with Crippen LogP contribution in [0.1, 0.15) is 31.4 Å². The molecule has 1 rings (SSSR count). The first-order valence-electron chi connectivity index (χ1n) is 8.10. The van der Waals surface area contributed by atoms with Crippen molar-refractivity contribution < 1.29 is 21.6 Å². The zero-order chi connectivity index (χ0) is 19.8. The molecule has 6 nitrogen and oxygen atoms in total. The van der Waals surface area contributed by atoms with Gasteiger partial charge in [-0.3, -0.25) is 4.99 Å². The van der Waals surface area contributed by atoms with Gasteiger partial charge in [0.2, 0.25) is 10.0 Å². The molecule has 1 aromatic carbocycles. The molecule has 0 aliphatic rings. The number of aliphatic imine (C=N–C) groups is 1. The van der Waals surface area contributed by atoms with E-state index in [1.807, 2.05) is 0 Å². The molecule has 1 aromatic rings. The zero-order valence-corrected chi connectivity index (χ0v) is 15.8. The van der Waals surface area contributed by atoms with E-state index >= 15 is 0 Å². The Morgan fingerprint density at radius 2 is 1.69 bits per heavy atom. The van der Waals surface area contributed by atoms with Gasteiger partial charge < -0.3 is 10.6 Å². The smallest absolute Gasteiger partial charge is 0.356 e. The van der Waals surface area contributed by atoms with Crippen LogP contribution in [-0.2, 0) is 22.3 Å². The lowest BCUT2D eigenvalue weighted by molar-refractivity contribution is -0.132. The third kappa shape index (κ3) is 9.62. The van der Waals surface area contributed by atoms with Crippen molar-refractivity contribution in [1.82, 2.24) is 15.4 Å². The molecule has 0 amide bonds. The largest absolute Gasteiger partial charge is 0.390 e. The van der Waals surface area contributed by atoms with Gasteiger partial charge >= 0.3 is 6.18 Å². The molecule has 0 unspecified atom stereocenters. The minimum absolute atomic E-state index is 0.112. The molecule has 0 bridgehead atoms. The first kappa shape index (κ1) is 22.2. The quantitative estimate of drug-likeness (QED) is 0.466. The lowest BCUT2D eigenvalue weighted by Crippen LogP contribution is -2.38. The Kier molecular flexibility index (Phi) is 8.35. The topological polar surface area (TPSA) is 82.6 Å². The molecule has 148 valence electrons. The average Bonchev–Trinajstić information content (AvgIpc) is 2.49. The molecule has 0 aliphatic carbocycles. The van der Waals surface area contributed by atoms with Gasteiger partial charge in [0.25, 0.3) is 0 Å². The molecule has 0 saturated carbocycles. The molecule has 0 spiro atoms. The number of sulfonamides is 1. The predicted molar refractivity (Wildman–Crippen MR) is 96.2 cm³/mol. The molecule has 0 aromatic heterocycles. The first-order chi connectivity index (χ1) is 12.0. The summed E-state index contributed by atoms with van der Waals surface area (Å²) in [6, 6.07) is 6.76. The van der Waals surface area contributed by atoms with Crippen LogP contribution in [0.4, 0.5) is 13.2 Å². The van der Waals surface area contributed by atoms with E-state index in [1.165, 1.54) is 7.05 Å². The summed E-state index contributed by atoms with van der Waals surface area (Å²) in [7, 11) is -1.91. The third-order valence-electron chi connectivity index (χ3n) is 3.18. The fourth-order valence-corrected chi connectivity index (χ4v) is 3.54. The van der Waals surface area contributed by atoms with Crippen molar-refractivity contribution in [1.29, 1.82) is 0 Å². The summed E-state index contributed by atoms with van der Waals surface area (Å²) in [5, 5.41) is 5.49. The highest BCUT2D eigenvalue weighted by atomic mass is 32.2. The van der Waals surface area contributed by atoms with Crippen LogP contribution >= 0.6 is 0 Å². The molecule has 26 heavy (non-hydrogen) atoms. The van der Waals surface area contributed by atoms with E-state index in [0.717, 1.165) is 5.56 Å². The van der Waals surface area contributed by atoms with E-state index in [2.05, 4.69) is 20.3 Å². The summed E-state index contributed by atoms with van der Waals surface area (Å²) in [6.07, 6.45) is -5.16. The summed E-state index contributed by atoms with van der Waals surface area (Å²) in [5.41, 5.74) is 1.50. The van der Waals surface area contributed by atoms with Gasteiger partial charge in [0.15, 0.2) is 5.96 Å². The number of hydrogen-bond donors (Lipinski definition) is 3. The summed E-state index contributed by atoms with van der Waals surface area (Å²) in [4.78, 5) is 3.86. The monoisotopic (exact) mass is 394 g/mol. The van der Waals surface area contributed by atoms with Crippen molar-refractivity contribution in [2.24, 2.45) is 4.99 Å². The van der Waals surface area contributed by atoms with Gasteiger partial charge in [0.05, 0.1) is 12.2 Å². The van der Waals surface area contributed by atoms with Gasteiger partial charge in [-0.2, -0.15) is 13.2 Å².